The molecule has 0 bridgehead atoms. The molecule has 0 unspecified atom stereocenters. The summed E-state index contributed by atoms with van der Waals surface area (Å²) in [7, 11) is 0. The summed E-state index contributed by atoms with van der Waals surface area (Å²) >= 11 is 0. The summed E-state index contributed by atoms with van der Waals surface area (Å²) < 4.78 is 40.5. The fourth-order valence-electron chi connectivity index (χ4n) is 2.18. The third kappa shape index (κ3) is 2.71. The topological polar surface area (TPSA) is 80.6 Å². The maximum Gasteiger partial charge on any atom is 0.433 e. The van der Waals surface area contributed by atoms with Crippen LogP contribution in [0.25, 0.3) is 5.69 Å². The van der Waals surface area contributed by atoms with Gasteiger partial charge in [-0.15, -0.1) is 0 Å². The highest BCUT2D eigenvalue weighted by Gasteiger charge is 2.40. The lowest BCUT2D eigenvalue weighted by Gasteiger charge is -2.06. The van der Waals surface area contributed by atoms with Crippen LogP contribution in [0.3, 0.4) is 0 Å². The quantitative estimate of drug-likeness (QED) is 0.745. The molecule has 0 fully saturated rings. The Morgan fingerprint density at radius 1 is 1.00 bits per heavy atom. The van der Waals surface area contributed by atoms with E-state index in [1.807, 2.05) is 5.10 Å². The zero-order valence-electron chi connectivity index (χ0n) is 11.9. The Balaban J connectivity index is 2.24. The van der Waals surface area contributed by atoms with Crippen molar-refractivity contribution < 1.29 is 18.0 Å². The van der Waals surface area contributed by atoms with Crippen molar-refractivity contribution in [2.45, 2.75) is 6.18 Å². The van der Waals surface area contributed by atoms with Crippen molar-refractivity contribution in [1.29, 1.82) is 0 Å². The highest BCUT2D eigenvalue weighted by Crippen LogP contribution is 2.30. The van der Waals surface area contributed by atoms with E-state index in [1.165, 1.54) is 49.1 Å². The molecule has 0 saturated heterocycles. The molecule has 122 valence electrons. The van der Waals surface area contributed by atoms with Crippen LogP contribution in [0.2, 0.25) is 0 Å². The minimum Gasteiger partial charge on any atom is -0.288 e. The van der Waals surface area contributed by atoms with Gasteiger partial charge >= 0.3 is 6.18 Å². The summed E-state index contributed by atoms with van der Waals surface area (Å²) in [5.74, 6) is -1.03. The zero-order chi connectivity index (χ0) is 17.3. The number of carbonyl (C=O) groups excluding carboxylic acids is 1. The highest BCUT2D eigenvalue weighted by atomic mass is 19.4. The number of alkyl halides is 3. The van der Waals surface area contributed by atoms with Gasteiger partial charge in [0.25, 0.3) is 5.56 Å². The molecule has 3 aromatic heterocycles. The monoisotopic (exact) mass is 334 g/mol. The van der Waals surface area contributed by atoms with Crippen molar-refractivity contribution in [2.75, 3.05) is 0 Å². The van der Waals surface area contributed by atoms with E-state index in [0.29, 0.717) is 4.68 Å². The number of hydrogen-bond donors (Lipinski definition) is 1. The predicted octanol–water partition coefficient (Wildman–Crippen LogP) is 2.21. The first-order chi connectivity index (χ1) is 11.4. The van der Waals surface area contributed by atoms with Crippen LogP contribution in [0, 0.1) is 0 Å². The second-order valence-electron chi connectivity index (χ2n) is 4.77. The number of halogens is 3. The first kappa shape index (κ1) is 15.7. The maximum absolute atomic E-state index is 13.3. The van der Waals surface area contributed by atoms with Crippen LogP contribution < -0.4 is 5.56 Å². The number of nitrogens with one attached hydrogen (secondary N) is 1. The van der Waals surface area contributed by atoms with Crippen LogP contribution in [-0.4, -0.2) is 25.5 Å². The summed E-state index contributed by atoms with van der Waals surface area (Å²) in [6.45, 7) is 0. The van der Waals surface area contributed by atoms with Crippen LogP contribution in [0.15, 0.2) is 53.8 Å². The fourth-order valence-corrected chi connectivity index (χ4v) is 2.18. The molecule has 1 N–H and O–H groups in total. The third-order valence-electron chi connectivity index (χ3n) is 3.26. The van der Waals surface area contributed by atoms with Crippen LogP contribution in [-0.2, 0) is 6.18 Å². The van der Waals surface area contributed by atoms with Gasteiger partial charge in [-0.3, -0.25) is 24.7 Å². The molecule has 3 heterocycles. The first-order valence-electron chi connectivity index (χ1n) is 6.67. The minimum absolute atomic E-state index is 0.0616. The van der Waals surface area contributed by atoms with Gasteiger partial charge in [0.2, 0.25) is 5.78 Å². The van der Waals surface area contributed by atoms with Gasteiger partial charge in [0.15, 0.2) is 5.69 Å². The number of carbonyl (C=O) groups is 1. The van der Waals surface area contributed by atoms with Crippen LogP contribution >= 0.6 is 0 Å². The average molecular weight is 334 g/mol. The van der Waals surface area contributed by atoms with E-state index in [2.05, 4.69) is 9.97 Å². The summed E-state index contributed by atoms with van der Waals surface area (Å²) in [6.07, 6.45) is 0.263. The largest absolute Gasteiger partial charge is 0.433 e. The number of aromatic nitrogens is 4. The van der Waals surface area contributed by atoms with E-state index in [0.717, 1.165) is 0 Å². The molecular weight excluding hydrogens is 325 g/mol. The molecule has 9 heteroatoms. The Kier molecular flexibility index (Phi) is 3.76. The number of ketones is 1. The van der Waals surface area contributed by atoms with Crippen LogP contribution in [0.5, 0.6) is 0 Å². The van der Waals surface area contributed by atoms with E-state index in [1.54, 1.807) is 0 Å². The maximum atomic E-state index is 13.3. The molecule has 0 amide bonds. The first-order valence-corrected chi connectivity index (χ1v) is 6.67. The molecular formula is C15H9F3N4O2. The van der Waals surface area contributed by atoms with E-state index in [9.17, 15) is 22.8 Å². The van der Waals surface area contributed by atoms with Crippen molar-refractivity contribution >= 4 is 5.78 Å². The molecule has 0 saturated carbocycles. The molecule has 0 aliphatic carbocycles. The molecule has 0 spiro atoms. The Morgan fingerprint density at radius 2 is 1.54 bits per heavy atom. The molecule has 0 aliphatic heterocycles. The van der Waals surface area contributed by atoms with Gasteiger partial charge < -0.3 is 0 Å². The molecule has 3 aromatic rings. The summed E-state index contributed by atoms with van der Waals surface area (Å²) in [6, 6.07) is 5.18. The second-order valence-corrected chi connectivity index (χ2v) is 4.77. The van der Waals surface area contributed by atoms with Gasteiger partial charge in [0, 0.05) is 30.4 Å². The highest BCUT2D eigenvalue weighted by molar-refractivity contribution is 6.09. The molecule has 24 heavy (non-hydrogen) atoms. The lowest BCUT2D eigenvalue weighted by molar-refractivity contribution is -0.141. The van der Waals surface area contributed by atoms with Gasteiger partial charge in [-0.2, -0.15) is 13.2 Å². The SMILES string of the molecule is O=C(c1ccncc1)c1c(C(F)(F)F)[nH]n(-c2ccncc2)c1=O. The molecule has 0 radical (unpaired) electrons. The Labute approximate surface area is 132 Å². The zero-order valence-corrected chi connectivity index (χ0v) is 11.9. The average Bonchev–Trinajstić information content (AvgIpc) is 2.93. The van der Waals surface area contributed by atoms with Crippen LogP contribution in [0.4, 0.5) is 13.2 Å². The number of pyridine rings is 2. The molecule has 6 nitrogen and oxygen atoms in total. The number of H-pyrrole nitrogens is 1. The minimum atomic E-state index is -4.89. The van der Waals surface area contributed by atoms with Crippen molar-refractivity contribution in [3.8, 4) is 5.69 Å². The van der Waals surface area contributed by atoms with E-state index in [-0.39, 0.29) is 11.3 Å². The smallest absolute Gasteiger partial charge is 0.288 e. The molecule has 0 atom stereocenters. The third-order valence-corrected chi connectivity index (χ3v) is 3.26. The predicted molar refractivity (Wildman–Crippen MR) is 76.9 cm³/mol. The van der Waals surface area contributed by atoms with Gasteiger partial charge in [0.1, 0.15) is 5.56 Å². The van der Waals surface area contributed by atoms with E-state index < -0.39 is 28.8 Å². The Morgan fingerprint density at radius 3 is 2.08 bits per heavy atom. The molecule has 0 aromatic carbocycles. The van der Waals surface area contributed by atoms with Gasteiger partial charge in [0.05, 0.1) is 5.69 Å². The van der Waals surface area contributed by atoms with Crippen LogP contribution in [0.1, 0.15) is 21.6 Å². The van der Waals surface area contributed by atoms with Crippen molar-refractivity contribution in [2.24, 2.45) is 0 Å². The Hall–Kier alpha value is -3.23. The van der Waals surface area contributed by atoms with Crippen molar-refractivity contribution in [3.63, 3.8) is 0 Å². The second kappa shape index (κ2) is 5.76. The van der Waals surface area contributed by atoms with Crippen molar-refractivity contribution in [1.82, 2.24) is 19.7 Å². The van der Waals surface area contributed by atoms with Gasteiger partial charge in [-0.05, 0) is 24.3 Å². The number of rotatable bonds is 3. The summed E-state index contributed by atoms with van der Waals surface area (Å²) in [4.78, 5) is 32.3. The van der Waals surface area contributed by atoms with Gasteiger partial charge in [-0.1, -0.05) is 0 Å². The summed E-state index contributed by atoms with van der Waals surface area (Å²) in [5, 5.41) is 1.97. The standard InChI is InChI=1S/C15H9F3N4O2/c16-15(17,18)13-11(12(23)9-1-5-19-6-2-9)14(24)22(21-13)10-3-7-20-8-4-10/h1-8,21H. The summed E-state index contributed by atoms with van der Waals surface area (Å²) in [5.41, 5.74) is -3.38. The normalized spacial score (nSPS) is 11.5. The molecule has 3 rings (SSSR count). The van der Waals surface area contributed by atoms with Crippen molar-refractivity contribution in [3.05, 3.63) is 76.2 Å². The Bertz CT molecular complexity index is 931. The molecule has 0 aliphatic rings. The van der Waals surface area contributed by atoms with E-state index >= 15 is 0 Å². The number of hydrogen-bond acceptors (Lipinski definition) is 4. The van der Waals surface area contributed by atoms with E-state index in [4.69, 9.17) is 0 Å². The van der Waals surface area contributed by atoms with Gasteiger partial charge in [-0.25, -0.2) is 4.68 Å². The number of aromatic amines is 1. The number of nitrogens with zero attached hydrogens (tertiary/aromatic N) is 3. The lowest BCUT2D eigenvalue weighted by Crippen LogP contribution is -2.22. The fraction of sp³-hybridized carbons (Fsp3) is 0.0667. The lowest BCUT2D eigenvalue weighted by atomic mass is 10.0.